The van der Waals surface area contributed by atoms with Gasteiger partial charge in [0, 0.05) is 11.1 Å². The fraction of sp³-hybridized carbons (Fsp3) is 0.364. The Morgan fingerprint density at radius 1 is 0.840 bits per heavy atom. The van der Waals surface area contributed by atoms with E-state index in [0.29, 0.717) is 23.1 Å². The molecule has 0 heterocycles. The number of unbranched alkanes of at least 4 members (excludes halogenated alkanes) is 5. The molecule has 25 heavy (non-hydrogen) atoms. The lowest BCUT2D eigenvalue weighted by atomic mass is 9.95. The molecular weight excluding hydrogens is 312 g/mol. The number of rotatable bonds is 10. The van der Waals surface area contributed by atoms with E-state index < -0.39 is 5.97 Å². The van der Waals surface area contributed by atoms with Crippen molar-refractivity contribution in [3.05, 3.63) is 70.8 Å². The van der Waals surface area contributed by atoms with E-state index in [1.807, 2.05) is 18.2 Å². The lowest BCUT2D eigenvalue weighted by Crippen LogP contribution is -2.07. The van der Waals surface area contributed by atoms with Crippen molar-refractivity contribution in [2.75, 3.05) is 0 Å². The van der Waals surface area contributed by atoms with Gasteiger partial charge >= 0.3 is 5.97 Å². The molecular formula is C22H26O3. The summed E-state index contributed by atoms with van der Waals surface area (Å²) in [6.07, 6.45) is 7.62. The molecule has 0 aliphatic rings. The first kappa shape index (κ1) is 18.9. The van der Waals surface area contributed by atoms with E-state index in [9.17, 15) is 14.7 Å². The Morgan fingerprint density at radius 2 is 1.52 bits per heavy atom. The molecule has 1 N–H and O–H groups in total. The fourth-order valence-electron chi connectivity index (χ4n) is 3.00. The van der Waals surface area contributed by atoms with Gasteiger partial charge in [0.05, 0.1) is 5.56 Å². The van der Waals surface area contributed by atoms with Crippen LogP contribution in [0.15, 0.2) is 48.5 Å². The molecule has 2 aromatic rings. The van der Waals surface area contributed by atoms with E-state index in [2.05, 4.69) is 6.92 Å². The third-order valence-corrected chi connectivity index (χ3v) is 4.43. The number of carbonyl (C=O) groups is 2. The topological polar surface area (TPSA) is 54.4 Å². The average Bonchev–Trinajstić information content (AvgIpc) is 2.64. The first-order valence-corrected chi connectivity index (χ1v) is 9.09. The molecule has 0 unspecified atom stereocenters. The number of carboxylic acid groups (broad SMARTS) is 1. The second-order valence-electron chi connectivity index (χ2n) is 6.39. The van der Waals surface area contributed by atoms with Crippen molar-refractivity contribution in [3.8, 4) is 0 Å². The van der Waals surface area contributed by atoms with Crippen LogP contribution in [-0.2, 0) is 6.42 Å². The summed E-state index contributed by atoms with van der Waals surface area (Å²) in [5.41, 5.74) is 2.23. The predicted molar refractivity (Wildman–Crippen MR) is 100 cm³/mol. The van der Waals surface area contributed by atoms with Crippen LogP contribution in [0.2, 0.25) is 0 Å². The molecule has 3 nitrogen and oxygen atoms in total. The zero-order valence-electron chi connectivity index (χ0n) is 14.8. The zero-order chi connectivity index (χ0) is 18.1. The maximum Gasteiger partial charge on any atom is 0.335 e. The summed E-state index contributed by atoms with van der Waals surface area (Å²) in [5, 5.41) is 9.40. The van der Waals surface area contributed by atoms with E-state index in [-0.39, 0.29) is 5.78 Å². The van der Waals surface area contributed by atoms with Crippen LogP contribution in [0.4, 0.5) is 0 Å². The quantitative estimate of drug-likeness (QED) is 0.458. The van der Waals surface area contributed by atoms with E-state index >= 15 is 0 Å². The standard InChI is InChI=1S/C22H26O3/c1-2-3-4-5-6-8-13-18-16-19(14-15-20(18)22(24)25)21(23)17-11-9-7-10-12-17/h7,9-12,14-16H,2-6,8,13H2,1H3,(H,24,25). The van der Waals surface area contributed by atoms with Gasteiger partial charge in [0.1, 0.15) is 0 Å². The van der Waals surface area contributed by atoms with Crippen molar-refractivity contribution < 1.29 is 14.7 Å². The van der Waals surface area contributed by atoms with Crippen molar-refractivity contribution in [3.63, 3.8) is 0 Å². The Balaban J connectivity index is 2.10. The summed E-state index contributed by atoms with van der Waals surface area (Å²) in [6.45, 7) is 2.19. The van der Waals surface area contributed by atoms with Crippen LogP contribution in [-0.4, -0.2) is 16.9 Å². The summed E-state index contributed by atoms with van der Waals surface area (Å²) in [6, 6.07) is 14.0. The Labute approximate surface area is 149 Å². The van der Waals surface area contributed by atoms with Gasteiger partial charge in [-0.2, -0.15) is 0 Å². The van der Waals surface area contributed by atoms with Gasteiger partial charge in [-0.15, -0.1) is 0 Å². The lowest BCUT2D eigenvalue weighted by molar-refractivity contribution is 0.0695. The third-order valence-electron chi connectivity index (χ3n) is 4.43. The van der Waals surface area contributed by atoms with Gasteiger partial charge in [-0.3, -0.25) is 4.79 Å². The second-order valence-corrected chi connectivity index (χ2v) is 6.39. The Morgan fingerprint density at radius 3 is 2.20 bits per heavy atom. The Bertz CT molecular complexity index is 704. The van der Waals surface area contributed by atoms with Crippen molar-refractivity contribution in [1.29, 1.82) is 0 Å². The molecule has 0 atom stereocenters. The number of aromatic carboxylic acids is 1. The lowest BCUT2D eigenvalue weighted by Gasteiger charge is -2.09. The molecule has 0 amide bonds. The van der Waals surface area contributed by atoms with Crippen LogP contribution in [0, 0.1) is 0 Å². The van der Waals surface area contributed by atoms with E-state index in [4.69, 9.17) is 0 Å². The largest absolute Gasteiger partial charge is 0.478 e. The van der Waals surface area contributed by atoms with Crippen LogP contribution in [0.5, 0.6) is 0 Å². The van der Waals surface area contributed by atoms with Crippen molar-refractivity contribution in [2.24, 2.45) is 0 Å². The molecule has 2 aromatic carbocycles. The maximum atomic E-state index is 12.6. The van der Waals surface area contributed by atoms with Gasteiger partial charge in [0.15, 0.2) is 5.78 Å². The minimum absolute atomic E-state index is 0.0678. The van der Waals surface area contributed by atoms with E-state index in [1.54, 1.807) is 30.3 Å². The predicted octanol–water partition coefficient (Wildman–Crippen LogP) is 5.52. The number of carboxylic acids is 1. The number of hydrogen-bond donors (Lipinski definition) is 1. The van der Waals surface area contributed by atoms with Gasteiger partial charge < -0.3 is 5.11 Å². The smallest absolute Gasteiger partial charge is 0.335 e. The number of carbonyl (C=O) groups excluding carboxylic acids is 1. The number of benzene rings is 2. The third kappa shape index (κ3) is 5.56. The van der Waals surface area contributed by atoms with Crippen LogP contribution >= 0.6 is 0 Å². The van der Waals surface area contributed by atoms with Crippen LogP contribution in [0.1, 0.15) is 77.3 Å². The molecule has 0 bridgehead atoms. The van der Waals surface area contributed by atoms with Crippen LogP contribution < -0.4 is 0 Å². The molecule has 0 saturated heterocycles. The number of ketones is 1. The molecule has 0 aliphatic heterocycles. The number of aryl methyl sites for hydroxylation is 1. The minimum atomic E-state index is -0.931. The second kappa shape index (κ2) is 9.77. The normalized spacial score (nSPS) is 10.6. The van der Waals surface area contributed by atoms with Gasteiger partial charge in [0.2, 0.25) is 0 Å². The highest BCUT2D eigenvalue weighted by atomic mass is 16.4. The Kier molecular flexibility index (Phi) is 7.39. The van der Waals surface area contributed by atoms with Crippen LogP contribution in [0.25, 0.3) is 0 Å². The molecule has 132 valence electrons. The molecule has 0 saturated carbocycles. The monoisotopic (exact) mass is 338 g/mol. The van der Waals surface area contributed by atoms with Crippen molar-refractivity contribution >= 4 is 11.8 Å². The summed E-state index contributed by atoms with van der Waals surface area (Å²) < 4.78 is 0. The highest BCUT2D eigenvalue weighted by Crippen LogP contribution is 2.19. The summed E-state index contributed by atoms with van der Waals surface area (Å²) in [5.74, 6) is -0.999. The van der Waals surface area contributed by atoms with Gasteiger partial charge in [-0.25, -0.2) is 4.79 Å². The molecule has 3 heteroatoms. The highest BCUT2D eigenvalue weighted by molar-refractivity contribution is 6.09. The van der Waals surface area contributed by atoms with Gasteiger partial charge in [-0.1, -0.05) is 75.4 Å². The van der Waals surface area contributed by atoms with E-state index in [0.717, 1.165) is 18.4 Å². The number of hydrogen-bond acceptors (Lipinski definition) is 2. The minimum Gasteiger partial charge on any atom is -0.478 e. The molecule has 0 radical (unpaired) electrons. The molecule has 0 aliphatic carbocycles. The summed E-state index contributed by atoms with van der Waals surface area (Å²) in [7, 11) is 0. The first-order valence-electron chi connectivity index (χ1n) is 9.09. The maximum absolute atomic E-state index is 12.6. The molecule has 0 aromatic heterocycles. The van der Waals surface area contributed by atoms with Crippen molar-refractivity contribution in [2.45, 2.75) is 51.9 Å². The summed E-state index contributed by atoms with van der Waals surface area (Å²) in [4.78, 5) is 24.0. The average molecular weight is 338 g/mol. The molecule has 0 fully saturated rings. The first-order chi connectivity index (χ1) is 12.1. The highest BCUT2D eigenvalue weighted by Gasteiger charge is 2.15. The van der Waals surface area contributed by atoms with E-state index in [1.165, 1.54) is 25.7 Å². The van der Waals surface area contributed by atoms with Gasteiger partial charge in [-0.05, 0) is 30.5 Å². The zero-order valence-corrected chi connectivity index (χ0v) is 14.8. The SMILES string of the molecule is CCCCCCCCc1cc(C(=O)c2ccccc2)ccc1C(=O)O. The van der Waals surface area contributed by atoms with Gasteiger partial charge in [0.25, 0.3) is 0 Å². The van der Waals surface area contributed by atoms with Crippen molar-refractivity contribution in [1.82, 2.24) is 0 Å². The molecule has 0 spiro atoms. The fourth-order valence-corrected chi connectivity index (χ4v) is 3.00. The van der Waals surface area contributed by atoms with Crippen LogP contribution in [0.3, 0.4) is 0 Å². The Hall–Kier alpha value is -2.42. The molecule has 2 rings (SSSR count). The summed E-state index contributed by atoms with van der Waals surface area (Å²) >= 11 is 0.